The van der Waals surface area contributed by atoms with Gasteiger partial charge in [-0.05, 0) is 67.1 Å². The molecule has 0 aliphatic heterocycles. The maximum atomic E-state index is 12.7. The van der Waals surface area contributed by atoms with E-state index in [0.717, 1.165) is 39.1 Å². The number of carbonyl (C=O) groups is 1. The highest BCUT2D eigenvalue weighted by Gasteiger charge is 2.19. The first kappa shape index (κ1) is 19.7. The number of amides is 1. The Morgan fingerprint density at radius 3 is 2.29 bits per heavy atom. The molecule has 144 valence electrons. The van der Waals surface area contributed by atoms with Gasteiger partial charge < -0.3 is 10.1 Å². The van der Waals surface area contributed by atoms with Gasteiger partial charge in [0.05, 0.1) is 6.04 Å². The van der Waals surface area contributed by atoms with Crippen molar-refractivity contribution in [2.75, 3.05) is 6.61 Å². The molecule has 0 radical (unpaired) electrons. The van der Waals surface area contributed by atoms with E-state index in [1.807, 2.05) is 62.4 Å². The minimum atomic E-state index is -0.209. The third-order valence-corrected chi connectivity index (χ3v) is 5.06. The van der Waals surface area contributed by atoms with Gasteiger partial charge in [-0.15, -0.1) is 0 Å². The molecular formula is C25H27NO2. The van der Waals surface area contributed by atoms with Gasteiger partial charge in [0.15, 0.2) is 6.61 Å². The zero-order valence-corrected chi connectivity index (χ0v) is 17.0. The SMILES string of the molecule is Cc1cc(C)c(C)c(OCC(=O)N[C@H](c2ccccc2)c2ccccc2C)c1. The molecule has 0 fully saturated rings. The second-order valence-corrected chi connectivity index (χ2v) is 7.26. The second-order valence-electron chi connectivity index (χ2n) is 7.26. The van der Waals surface area contributed by atoms with E-state index < -0.39 is 0 Å². The van der Waals surface area contributed by atoms with Crippen molar-refractivity contribution in [3.63, 3.8) is 0 Å². The van der Waals surface area contributed by atoms with Crippen molar-refractivity contribution in [3.05, 3.63) is 100 Å². The van der Waals surface area contributed by atoms with Crippen LogP contribution in [0.25, 0.3) is 0 Å². The Balaban J connectivity index is 1.78. The van der Waals surface area contributed by atoms with Gasteiger partial charge in [0.1, 0.15) is 5.75 Å². The maximum absolute atomic E-state index is 12.7. The van der Waals surface area contributed by atoms with Crippen LogP contribution in [-0.2, 0) is 4.79 Å². The summed E-state index contributed by atoms with van der Waals surface area (Å²) in [5.41, 5.74) is 6.63. The van der Waals surface area contributed by atoms with E-state index in [4.69, 9.17) is 4.74 Å². The summed E-state index contributed by atoms with van der Waals surface area (Å²) in [7, 11) is 0. The number of aryl methyl sites for hydroxylation is 3. The summed E-state index contributed by atoms with van der Waals surface area (Å²) in [5.74, 6) is 0.621. The summed E-state index contributed by atoms with van der Waals surface area (Å²) in [6.45, 7) is 8.15. The lowest BCUT2D eigenvalue weighted by molar-refractivity contribution is -0.123. The minimum absolute atomic E-state index is 0.0149. The van der Waals surface area contributed by atoms with Crippen LogP contribution in [0.5, 0.6) is 5.75 Å². The Morgan fingerprint density at radius 1 is 0.893 bits per heavy atom. The average Bonchev–Trinajstić information content (AvgIpc) is 2.69. The van der Waals surface area contributed by atoms with Gasteiger partial charge in [0.25, 0.3) is 5.91 Å². The van der Waals surface area contributed by atoms with Crippen molar-refractivity contribution < 1.29 is 9.53 Å². The van der Waals surface area contributed by atoms with E-state index in [1.165, 1.54) is 0 Å². The van der Waals surface area contributed by atoms with Crippen LogP contribution < -0.4 is 10.1 Å². The first-order chi connectivity index (χ1) is 13.5. The molecule has 0 aromatic heterocycles. The smallest absolute Gasteiger partial charge is 0.258 e. The monoisotopic (exact) mass is 373 g/mol. The number of hydrogen-bond acceptors (Lipinski definition) is 2. The van der Waals surface area contributed by atoms with Crippen molar-refractivity contribution in [2.24, 2.45) is 0 Å². The fourth-order valence-corrected chi connectivity index (χ4v) is 3.39. The number of ether oxygens (including phenoxy) is 1. The molecule has 1 amide bonds. The van der Waals surface area contributed by atoms with E-state index in [2.05, 4.69) is 37.4 Å². The van der Waals surface area contributed by atoms with Crippen LogP contribution in [0.2, 0.25) is 0 Å². The van der Waals surface area contributed by atoms with Crippen molar-refractivity contribution in [3.8, 4) is 5.75 Å². The lowest BCUT2D eigenvalue weighted by Gasteiger charge is -2.22. The van der Waals surface area contributed by atoms with Crippen LogP contribution in [0.1, 0.15) is 39.4 Å². The molecule has 0 saturated heterocycles. The highest BCUT2D eigenvalue weighted by atomic mass is 16.5. The number of rotatable bonds is 6. The second kappa shape index (κ2) is 8.75. The first-order valence-corrected chi connectivity index (χ1v) is 9.56. The lowest BCUT2D eigenvalue weighted by Crippen LogP contribution is -2.33. The molecule has 0 saturated carbocycles. The van der Waals surface area contributed by atoms with Gasteiger partial charge in [-0.2, -0.15) is 0 Å². The van der Waals surface area contributed by atoms with E-state index in [9.17, 15) is 4.79 Å². The average molecular weight is 373 g/mol. The molecule has 28 heavy (non-hydrogen) atoms. The zero-order valence-electron chi connectivity index (χ0n) is 17.0. The zero-order chi connectivity index (χ0) is 20.1. The predicted molar refractivity (Wildman–Crippen MR) is 114 cm³/mol. The highest BCUT2D eigenvalue weighted by molar-refractivity contribution is 5.78. The van der Waals surface area contributed by atoms with Crippen molar-refractivity contribution in [1.82, 2.24) is 5.32 Å². The molecule has 0 unspecified atom stereocenters. The largest absolute Gasteiger partial charge is 0.483 e. The van der Waals surface area contributed by atoms with E-state index in [0.29, 0.717) is 0 Å². The standard InChI is InChI=1S/C25H27NO2/c1-17-14-19(3)20(4)23(15-17)28-16-24(27)26-25(21-11-6-5-7-12-21)22-13-9-8-10-18(22)2/h5-15,25H,16H2,1-4H3,(H,26,27)/t25-/m1/s1. The molecule has 3 aromatic rings. The van der Waals surface area contributed by atoms with Crippen LogP contribution in [0.4, 0.5) is 0 Å². The topological polar surface area (TPSA) is 38.3 Å². The van der Waals surface area contributed by atoms with Gasteiger partial charge in [0, 0.05) is 0 Å². The molecule has 0 aliphatic carbocycles. The van der Waals surface area contributed by atoms with E-state index in [1.54, 1.807) is 0 Å². The van der Waals surface area contributed by atoms with Crippen LogP contribution in [-0.4, -0.2) is 12.5 Å². The lowest BCUT2D eigenvalue weighted by atomic mass is 9.95. The van der Waals surface area contributed by atoms with E-state index in [-0.39, 0.29) is 18.6 Å². The molecule has 0 heterocycles. The quantitative estimate of drug-likeness (QED) is 0.644. The summed E-state index contributed by atoms with van der Waals surface area (Å²) < 4.78 is 5.85. The molecule has 3 nitrogen and oxygen atoms in total. The van der Waals surface area contributed by atoms with Crippen LogP contribution in [0, 0.1) is 27.7 Å². The summed E-state index contributed by atoms with van der Waals surface area (Å²) >= 11 is 0. The third-order valence-electron chi connectivity index (χ3n) is 5.06. The van der Waals surface area contributed by atoms with Crippen molar-refractivity contribution in [2.45, 2.75) is 33.7 Å². The number of benzene rings is 3. The summed E-state index contributed by atoms with van der Waals surface area (Å²) in [6.07, 6.45) is 0. The fraction of sp³-hybridized carbons (Fsp3) is 0.240. The number of carbonyl (C=O) groups excluding carboxylic acids is 1. The Bertz CT molecular complexity index is 964. The minimum Gasteiger partial charge on any atom is -0.483 e. The van der Waals surface area contributed by atoms with E-state index >= 15 is 0 Å². The first-order valence-electron chi connectivity index (χ1n) is 9.56. The van der Waals surface area contributed by atoms with Gasteiger partial charge in [0.2, 0.25) is 0 Å². The Hall–Kier alpha value is -3.07. The summed E-state index contributed by atoms with van der Waals surface area (Å²) in [6, 6.07) is 22.0. The third kappa shape index (κ3) is 4.61. The fourth-order valence-electron chi connectivity index (χ4n) is 3.39. The molecular weight excluding hydrogens is 346 g/mol. The number of hydrogen-bond donors (Lipinski definition) is 1. The van der Waals surface area contributed by atoms with Gasteiger partial charge >= 0.3 is 0 Å². The Labute approximate surface area is 167 Å². The normalized spacial score (nSPS) is 11.7. The molecule has 0 bridgehead atoms. The van der Waals surface area contributed by atoms with Gasteiger partial charge in [-0.1, -0.05) is 60.7 Å². The summed E-state index contributed by atoms with van der Waals surface area (Å²) in [4.78, 5) is 12.7. The van der Waals surface area contributed by atoms with Gasteiger partial charge in [-0.25, -0.2) is 0 Å². The predicted octanol–water partition coefficient (Wildman–Crippen LogP) is 5.20. The molecule has 1 atom stereocenters. The molecule has 3 heteroatoms. The summed E-state index contributed by atoms with van der Waals surface area (Å²) in [5, 5.41) is 3.15. The highest BCUT2D eigenvalue weighted by Crippen LogP contribution is 2.26. The number of nitrogens with one attached hydrogen (secondary N) is 1. The molecule has 3 rings (SSSR count). The van der Waals surface area contributed by atoms with Crippen molar-refractivity contribution >= 4 is 5.91 Å². The Morgan fingerprint density at radius 2 is 1.57 bits per heavy atom. The molecule has 0 aliphatic rings. The molecule has 1 N–H and O–H groups in total. The molecule has 0 spiro atoms. The van der Waals surface area contributed by atoms with Gasteiger partial charge in [-0.3, -0.25) is 4.79 Å². The van der Waals surface area contributed by atoms with Crippen LogP contribution in [0.15, 0.2) is 66.7 Å². The maximum Gasteiger partial charge on any atom is 0.258 e. The molecule has 3 aromatic carbocycles. The van der Waals surface area contributed by atoms with Crippen LogP contribution >= 0.6 is 0 Å². The Kier molecular flexibility index (Phi) is 6.15. The van der Waals surface area contributed by atoms with Crippen LogP contribution in [0.3, 0.4) is 0 Å². The van der Waals surface area contributed by atoms with Crippen molar-refractivity contribution in [1.29, 1.82) is 0 Å².